The zero-order valence-corrected chi connectivity index (χ0v) is 12.0. The predicted molar refractivity (Wildman–Crippen MR) is 76.4 cm³/mol. The lowest BCUT2D eigenvalue weighted by Crippen LogP contribution is -2.40. The van der Waals surface area contributed by atoms with Gasteiger partial charge < -0.3 is 15.0 Å². The summed E-state index contributed by atoms with van der Waals surface area (Å²) in [7, 11) is 1.40. The minimum Gasteiger partial charge on any atom is -0.468 e. The molecule has 0 bridgehead atoms. The Balaban J connectivity index is 1.98. The average Bonchev–Trinajstić information content (AvgIpc) is 2.85. The van der Waals surface area contributed by atoms with Crippen molar-refractivity contribution >= 4 is 11.7 Å². The first kappa shape index (κ1) is 14.8. The third kappa shape index (κ3) is 3.28. The van der Waals surface area contributed by atoms with Crippen molar-refractivity contribution in [1.82, 2.24) is 5.32 Å². The van der Waals surface area contributed by atoms with Gasteiger partial charge in [-0.05, 0) is 37.1 Å². The molecule has 2 rings (SSSR count). The van der Waals surface area contributed by atoms with Crippen LogP contribution in [0.3, 0.4) is 0 Å². The smallest absolute Gasteiger partial charge is 0.322 e. The summed E-state index contributed by atoms with van der Waals surface area (Å²) in [5.41, 5.74) is 2.12. The van der Waals surface area contributed by atoms with Crippen LogP contribution in [-0.2, 0) is 16.0 Å². The van der Waals surface area contributed by atoms with E-state index < -0.39 is 0 Å². The molecule has 1 atom stereocenters. The zero-order valence-electron chi connectivity index (χ0n) is 12.0. The van der Waals surface area contributed by atoms with Crippen LogP contribution in [0.4, 0.5) is 10.1 Å². The number of hydrogen-bond donors (Lipinski definition) is 1. The second kappa shape index (κ2) is 6.70. The van der Waals surface area contributed by atoms with E-state index in [0.29, 0.717) is 19.5 Å². The lowest BCUT2D eigenvalue weighted by molar-refractivity contribution is -0.143. The third-order valence-corrected chi connectivity index (χ3v) is 3.66. The van der Waals surface area contributed by atoms with E-state index in [4.69, 9.17) is 4.74 Å². The number of likely N-dealkylation sites (N-methyl/N-ethyl adjacent to an activating group) is 1. The number of esters is 1. The summed E-state index contributed by atoms with van der Waals surface area (Å²) in [5.74, 6) is -0.461. The second-order valence-corrected chi connectivity index (χ2v) is 4.93. The van der Waals surface area contributed by atoms with Gasteiger partial charge in [-0.1, -0.05) is 13.0 Å². The topological polar surface area (TPSA) is 41.6 Å². The van der Waals surface area contributed by atoms with Crippen LogP contribution >= 0.6 is 0 Å². The largest absolute Gasteiger partial charge is 0.468 e. The van der Waals surface area contributed by atoms with Gasteiger partial charge in [0.2, 0.25) is 0 Å². The van der Waals surface area contributed by atoms with E-state index >= 15 is 0 Å². The molecule has 5 heteroatoms. The summed E-state index contributed by atoms with van der Waals surface area (Å²) >= 11 is 0. The Morgan fingerprint density at radius 1 is 1.55 bits per heavy atom. The number of fused-ring (bicyclic) bond motifs is 1. The number of nitrogens with one attached hydrogen (secondary N) is 1. The molecule has 0 radical (unpaired) electrons. The fourth-order valence-corrected chi connectivity index (χ4v) is 2.63. The van der Waals surface area contributed by atoms with Gasteiger partial charge in [-0.25, -0.2) is 4.39 Å². The number of benzene rings is 1. The molecular formula is C15H21FN2O2. The van der Waals surface area contributed by atoms with Gasteiger partial charge in [0, 0.05) is 18.8 Å². The van der Waals surface area contributed by atoms with Gasteiger partial charge in [-0.3, -0.25) is 4.79 Å². The van der Waals surface area contributed by atoms with Crippen LogP contribution in [0.1, 0.15) is 18.9 Å². The van der Waals surface area contributed by atoms with Gasteiger partial charge in [0.25, 0.3) is 0 Å². The monoisotopic (exact) mass is 280 g/mol. The van der Waals surface area contributed by atoms with E-state index in [1.807, 2.05) is 13.0 Å². The number of carbonyl (C=O) groups is 1. The van der Waals surface area contributed by atoms with Crippen LogP contribution in [0.15, 0.2) is 18.2 Å². The summed E-state index contributed by atoms with van der Waals surface area (Å²) in [5, 5.41) is 3.12. The molecular weight excluding hydrogens is 259 g/mol. The van der Waals surface area contributed by atoms with Gasteiger partial charge in [0.05, 0.1) is 7.11 Å². The van der Waals surface area contributed by atoms with E-state index in [2.05, 4.69) is 10.2 Å². The number of hydrogen-bond acceptors (Lipinski definition) is 4. The van der Waals surface area contributed by atoms with E-state index in [9.17, 15) is 9.18 Å². The van der Waals surface area contributed by atoms with Crippen molar-refractivity contribution in [3.05, 3.63) is 29.6 Å². The van der Waals surface area contributed by atoms with Crippen LogP contribution in [0.25, 0.3) is 0 Å². The van der Waals surface area contributed by atoms with E-state index in [-0.39, 0.29) is 17.8 Å². The normalized spacial score (nSPS) is 15.1. The van der Waals surface area contributed by atoms with E-state index in [0.717, 1.165) is 18.7 Å². The van der Waals surface area contributed by atoms with Gasteiger partial charge >= 0.3 is 5.97 Å². The number of halogens is 1. The molecule has 1 aromatic rings. The van der Waals surface area contributed by atoms with Crippen molar-refractivity contribution in [2.75, 3.05) is 31.6 Å². The molecule has 1 aliphatic rings. The molecule has 20 heavy (non-hydrogen) atoms. The number of anilines is 1. The molecule has 110 valence electrons. The molecule has 0 aliphatic carbocycles. The van der Waals surface area contributed by atoms with Crippen molar-refractivity contribution in [1.29, 1.82) is 0 Å². The molecule has 4 nitrogen and oxygen atoms in total. The highest BCUT2D eigenvalue weighted by molar-refractivity contribution is 5.75. The number of ether oxygens (including phenoxy) is 1. The van der Waals surface area contributed by atoms with Crippen molar-refractivity contribution < 1.29 is 13.9 Å². The highest BCUT2D eigenvalue weighted by Gasteiger charge is 2.23. The number of rotatable bonds is 6. The lowest BCUT2D eigenvalue weighted by atomic mass is 10.1. The Morgan fingerprint density at radius 2 is 2.35 bits per heavy atom. The lowest BCUT2D eigenvalue weighted by Gasteiger charge is -2.22. The fraction of sp³-hybridized carbons (Fsp3) is 0.533. The molecule has 0 aromatic heterocycles. The van der Waals surface area contributed by atoms with E-state index in [1.165, 1.54) is 18.7 Å². The average molecular weight is 280 g/mol. The first-order valence-corrected chi connectivity index (χ1v) is 7.00. The summed E-state index contributed by atoms with van der Waals surface area (Å²) < 4.78 is 18.1. The highest BCUT2D eigenvalue weighted by Crippen LogP contribution is 2.28. The zero-order chi connectivity index (χ0) is 14.5. The van der Waals surface area contributed by atoms with Crippen LogP contribution in [0.2, 0.25) is 0 Å². The molecule has 1 unspecified atom stereocenters. The minimum absolute atomic E-state index is 0.216. The molecule has 0 saturated carbocycles. The van der Waals surface area contributed by atoms with Crippen LogP contribution < -0.4 is 10.2 Å². The molecule has 1 N–H and O–H groups in total. The Bertz CT molecular complexity index is 479. The summed E-state index contributed by atoms with van der Waals surface area (Å²) in [6.07, 6.45) is 1.58. The van der Waals surface area contributed by atoms with Gasteiger partial charge in [-0.15, -0.1) is 0 Å². The van der Waals surface area contributed by atoms with Crippen molar-refractivity contribution in [2.45, 2.75) is 25.8 Å². The van der Waals surface area contributed by atoms with Gasteiger partial charge in [0.15, 0.2) is 0 Å². The standard InChI is InChI=1S/C15H21FN2O2/c1-3-17-13(15(19)20-2)7-9-18-8-6-11-4-5-12(16)10-14(11)18/h4-5,10,13,17H,3,6-9H2,1-2H3. The maximum atomic E-state index is 13.3. The molecule has 1 aromatic carbocycles. The van der Waals surface area contributed by atoms with Gasteiger partial charge in [0.1, 0.15) is 11.9 Å². The third-order valence-electron chi connectivity index (χ3n) is 3.66. The number of methoxy groups -OCH3 is 1. The quantitative estimate of drug-likeness (QED) is 0.806. The molecule has 0 amide bonds. The van der Waals surface area contributed by atoms with Crippen molar-refractivity contribution in [2.24, 2.45) is 0 Å². The Kier molecular flexibility index (Phi) is 4.95. The Morgan fingerprint density at radius 3 is 3.05 bits per heavy atom. The Hall–Kier alpha value is -1.62. The summed E-state index contributed by atoms with van der Waals surface area (Å²) in [6.45, 7) is 4.25. The SMILES string of the molecule is CCNC(CCN1CCc2ccc(F)cc21)C(=O)OC. The Labute approximate surface area is 118 Å². The maximum absolute atomic E-state index is 13.3. The minimum atomic E-state index is -0.303. The van der Waals surface area contributed by atoms with Crippen LogP contribution in [-0.4, -0.2) is 38.8 Å². The van der Waals surface area contributed by atoms with Crippen molar-refractivity contribution in [3.63, 3.8) is 0 Å². The first-order valence-electron chi connectivity index (χ1n) is 7.00. The van der Waals surface area contributed by atoms with Crippen LogP contribution in [0, 0.1) is 5.82 Å². The summed E-state index contributed by atoms with van der Waals surface area (Å²) in [4.78, 5) is 13.8. The fourth-order valence-electron chi connectivity index (χ4n) is 2.63. The highest BCUT2D eigenvalue weighted by atomic mass is 19.1. The molecule has 0 saturated heterocycles. The van der Waals surface area contributed by atoms with Gasteiger partial charge in [-0.2, -0.15) is 0 Å². The van der Waals surface area contributed by atoms with Crippen molar-refractivity contribution in [3.8, 4) is 0 Å². The van der Waals surface area contributed by atoms with Crippen LogP contribution in [0.5, 0.6) is 0 Å². The second-order valence-electron chi connectivity index (χ2n) is 4.93. The number of nitrogens with zero attached hydrogens (tertiary/aromatic N) is 1. The molecule has 0 spiro atoms. The molecule has 1 aliphatic heterocycles. The number of carbonyl (C=O) groups excluding carboxylic acids is 1. The first-order chi connectivity index (χ1) is 9.65. The van der Waals surface area contributed by atoms with E-state index in [1.54, 1.807) is 6.07 Å². The molecule has 0 fully saturated rings. The maximum Gasteiger partial charge on any atom is 0.322 e. The predicted octanol–water partition coefficient (Wildman–Crippen LogP) is 1.73. The molecule has 1 heterocycles. The summed E-state index contributed by atoms with van der Waals surface area (Å²) in [6, 6.07) is 4.61.